The van der Waals surface area contributed by atoms with Gasteiger partial charge in [-0.15, -0.1) is 0 Å². The first-order valence-corrected chi connectivity index (χ1v) is 7.87. The van der Waals surface area contributed by atoms with E-state index < -0.39 is 5.82 Å². The van der Waals surface area contributed by atoms with E-state index in [0.29, 0.717) is 22.8 Å². The van der Waals surface area contributed by atoms with E-state index in [1.165, 1.54) is 12.1 Å². The van der Waals surface area contributed by atoms with Gasteiger partial charge in [0, 0.05) is 11.1 Å². The fraction of sp³-hybridized carbons (Fsp3) is 0.625. The minimum atomic E-state index is -0.427. The number of halogens is 3. The molecule has 20 heavy (non-hydrogen) atoms. The normalized spacial score (nSPS) is 13.6. The molecule has 1 unspecified atom stereocenters. The van der Waals surface area contributed by atoms with Crippen LogP contribution in [0.4, 0.5) is 4.39 Å². The summed E-state index contributed by atoms with van der Waals surface area (Å²) in [5.41, 5.74) is 0.750. The van der Waals surface area contributed by atoms with Gasteiger partial charge in [-0.05, 0) is 48.9 Å². The third kappa shape index (κ3) is 4.61. The zero-order valence-corrected chi connectivity index (χ0v) is 14.3. The molecule has 0 aliphatic carbocycles. The van der Waals surface area contributed by atoms with E-state index in [-0.39, 0.29) is 11.1 Å². The highest BCUT2D eigenvalue weighted by Crippen LogP contribution is 2.29. The Labute approximate surface area is 131 Å². The van der Waals surface area contributed by atoms with Crippen LogP contribution in [0.1, 0.15) is 46.2 Å². The SMILES string of the molecule is CC(NCC(C(C)C)C(C)C)c1cc(F)c(Cl)cc1Cl. The van der Waals surface area contributed by atoms with Gasteiger partial charge < -0.3 is 5.32 Å². The Morgan fingerprint density at radius 2 is 1.55 bits per heavy atom. The Kier molecular flexibility index (Phi) is 6.77. The van der Waals surface area contributed by atoms with E-state index >= 15 is 0 Å². The van der Waals surface area contributed by atoms with Crippen LogP contribution >= 0.6 is 23.2 Å². The number of nitrogens with one attached hydrogen (secondary N) is 1. The molecule has 1 rings (SSSR count). The van der Waals surface area contributed by atoms with Crippen molar-refractivity contribution in [2.75, 3.05) is 6.54 Å². The van der Waals surface area contributed by atoms with Crippen LogP contribution in [0.15, 0.2) is 12.1 Å². The van der Waals surface area contributed by atoms with Gasteiger partial charge in [-0.3, -0.25) is 0 Å². The standard InChI is InChI=1S/C16H24Cl2FN/c1-9(2)13(10(3)4)8-20-11(5)12-6-16(19)15(18)7-14(12)17/h6-7,9-11,13,20H,8H2,1-5H3. The average Bonchev–Trinajstić information content (AvgIpc) is 2.32. The van der Waals surface area contributed by atoms with Crippen molar-refractivity contribution in [1.29, 1.82) is 0 Å². The summed E-state index contributed by atoms with van der Waals surface area (Å²) in [6, 6.07) is 2.88. The fourth-order valence-corrected chi connectivity index (χ4v) is 3.08. The number of hydrogen-bond donors (Lipinski definition) is 1. The second kappa shape index (κ2) is 7.63. The molecule has 0 amide bonds. The molecule has 0 spiro atoms. The molecule has 1 aromatic rings. The van der Waals surface area contributed by atoms with E-state index in [4.69, 9.17) is 23.2 Å². The Balaban J connectivity index is 2.76. The summed E-state index contributed by atoms with van der Waals surface area (Å²) < 4.78 is 13.6. The Hall–Kier alpha value is -0.310. The summed E-state index contributed by atoms with van der Waals surface area (Å²) in [5, 5.41) is 4.02. The molecule has 4 heteroatoms. The van der Waals surface area contributed by atoms with E-state index in [1.807, 2.05) is 6.92 Å². The molecule has 0 aliphatic rings. The summed E-state index contributed by atoms with van der Waals surface area (Å²) in [6.45, 7) is 11.8. The highest BCUT2D eigenvalue weighted by Gasteiger charge is 2.19. The summed E-state index contributed by atoms with van der Waals surface area (Å²) >= 11 is 11.9. The topological polar surface area (TPSA) is 12.0 Å². The third-order valence-electron chi connectivity index (χ3n) is 3.88. The van der Waals surface area contributed by atoms with Gasteiger partial charge in [-0.1, -0.05) is 50.9 Å². The first-order chi connectivity index (χ1) is 9.23. The van der Waals surface area contributed by atoms with Crippen LogP contribution in [0.25, 0.3) is 0 Å². The molecule has 0 bridgehead atoms. The van der Waals surface area contributed by atoms with Gasteiger partial charge in [0.05, 0.1) is 5.02 Å². The van der Waals surface area contributed by atoms with Crippen LogP contribution in [-0.2, 0) is 0 Å². The second-order valence-corrected chi connectivity index (χ2v) is 6.88. The van der Waals surface area contributed by atoms with Crippen LogP contribution in [0.2, 0.25) is 10.0 Å². The van der Waals surface area contributed by atoms with E-state index in [9.17, 15) is 4.39 Å². The molecule has 114 valence electrons. The van der Waals surface area contributed by atoms with Crippen molar-refractivity contribution < 1.29 is 4.39 Å². The van der Waals surface area contributed by atoms with Crippen molar-refractivity contribution in [3.63, 3.8) is 0 Å². The molecule has 0 aromatic heterocycles. The molecular weight excluding hydrogens is 296 g/mol. The zero-order chi connectivity index (χ0) is 15.4. The summed E-state index contributed by atoms with van der Waals surface area (Å²) in [6.07, 6.45) is 0. The van der Waals surface area contributed by atoms with Gasteiger partial charge in [0.1, 0.15) is 5.82 Å². The van der Waals surface area contributed by atoms with Crippen molar-refractivity contribution in [3.8, 4) is 0 Å². The maximum atomic E-state index is 13.6. The van der Waals surface area contributed by atoms with Crippen LogP contribution in [0.3, 0.4) is 0 Å². The molecule has 1 atom stereocenters. The van der Waals surface area contributed by atoms with Gasteiger partial charge in [0.25, 0.3) is 0 Å². The monoisotopic (exact) mass is 319 g/mol. The number of hydrogen-bond acceptors (Lipinski definition) is 1. The lowest BCUT2D eigenvalue weighted by Crippen LogP contribution is -2.31. The van der Waals surface area contributed by atoms with Crippen LogP contribution in [0, 0.1) is 23.6 Å². The van der Waals surface area contributed by atoms with Crippen molar-refractivity contribution in [1.82, 2.24) is 5.32 Å². The minimum absolute atomic E-state index is 0.00531. The van der Waals surface area contributed by atoms with Crippen molar-refractivity contribution in [3.05, 3.63) is 33.6 Å². The molecule has 0 heterocycles. The molecular formula is C16H24Cl2FN. The van der Waals surface area contributed by atoms with Gasteiger partial charge in [0.2, 0.25) is 0 Å². The zero-order valence-electron chi connectivity index (χ0n) is 12.8. The molecule has 0 fully saturated rings. The second-order valence-electron chi connectivity index (χ2n) is 6.07. The van der Waals surface area contributed by atoms with E-state index in [1.54, 1.807) is 0 Å². The third-order valence-corrected chi connectivity index (χ3v) is 4.50. The van der Waals surface area contributed by atoms with E-state index in [0.717, 1.165) is 12.1 Å². The summed E-state index contributed by atoms with van der Waals surface area (Å²) in [7, 11) is 0. The lowest BCUT2D eigenvalue weighted by molar-refractivity contribution is 0.268. The fourth-order valence-electron chi connectivity index (χ4n) is 2.53. The van der Waals surface area contributed by atoms with Gasteiger partial charge in [0.15, 0.2) is 0 Å². The quantitative estimate of drug-likeness (QED) is 0.662. The molecule has 1 N–H and O–H groups in total. The number of benzene rings is 1. The highest BCUT2D eigenvalue weighted by atomic mass is 35.5. The molecule has 0 saturated heterocycles. The summed E-state index contributed by atoms with van der Waals surface area (Å²) in [4.78, 5) is 0. The lowest BCUT2D eigenvalue weighted by atomic mass is 9.85. The Morgan fingerprint density at radius 3 is 2.05 bits per heavy atom. The molecule has 1 nitrogen and oxygen atoms in total. The largest absolute Gasteiger partial charge is 0.310 e. The minimum Gasteiger partial charge on any atom is -0.310 e. The van der Waals surface area contributed by atoms with Crippen LogP contribution < -0.4 is 5.32 Å². The van der Waals surface area contributed by atoms with Crippen LogP contribution in [-0.4, -0.2) is 6.54 Å². The Bertz CT molecular complexity index is 438. The number of rotatable bonds is 6. The van der Waals surface area contributed by atoms with Crippen molar-refractivity contribution >= 4 is 23.2 Å². The summed E-state index contributed by atoms with van der Waals surface area (Å²) in [5.74, 6) is 1.36. The molecule has 0 radical (unpaired) electrons. The van der Waals surface area contributed by atoms with Crippen molar-refractivity contribution in [2.24, 2.45) is 17.8 Å². The predicted molar refractivity (Wildman–Crippen MR) is 86.0 cm³/mol. The highest BCUT2D eigenvalue weighted by molar-refractivity contribution is 6.35. The maximum Gasteiger partial charge on any atom is 0.142 e. The molecule has 0 saturated carbocycles. The first-order valence-electron chi connectivity index (χ1n) is 7.11. The molecule has 1 aromatic carbocycles. The smallest absolute Gasteiger partial charge is 0.142 e. The molecule has 0 aliphatic heterocycles. The van der Waals surface area contributed by atoms with Gasteiger partial charge in [-0.25, -0.2) is 4.39 Å². The van der Waals surface area contributed by atoms with Gasteiger partial charge >= 0.3 is 0 Å². The first kappa shape index (κ1) is 17.7. The van der Waals surface area contributed by atoms with Crippen molar-refractivity contribution in [2.45, 2.75) is 40.7 Å². The maximum absolute atomic E-state index is 13.6. The van der Waals surface area contributed by atoms with Crippen LogP contribution in [0.5, 0.6) is 0 Å². The lowest BCUT2D eigenvalue weighted by Gasteiger charge is -2.27. The Morgan fingerprint density at radius 1 is 1.00 bits per heavy atom. The average molecular weight is 320 g/mol. The van der Waals surface area contributed by atoms with E-state index in [2.05, 4.69) is 33.0 Å². The van der Waals surface area contributed by atoms with Gasteiger partial charge in [-0.2, -0.15) is 0 Å². The predicted octanol–water partition coefficient (Wildman–Crippen LogP) is 5.71.